The molecule has 1 atom stereocenters. The lowest BCUT2D eigenvalue weighted by molar-refractivity contribution is 0.424. The van der Waals surface area contributed by atoms with Crippen LogP contribution in [-0.4, -0.2) is 57.7 Å². The van der Waals surface area contributed by atoms with Gasteiger partial charge in [0.15, 0.2) is 5.96 Å². The lowest BCUT2D eigenvalue weighted by atomic mass is 10.0. The van der Waals surface area contributed by atoms with Crippen LogP contribution in [0.5, 0.6) is 0 Å². The molecular formula is C19H35IN4O2S. The second-order valence-electron chi connectivity index (χ2n) is 6.57. The van der Waals surface area contributed by atoms with Gasteiger partial charge in [0.1, 0.15) is 0 Å². The summed E-state index contributed by atoms with van der Waals surface area (Å²) in [6, 6.07) is 8.56. The third kappa shape index (κ3) is 10.3. The number of sulfonamides is 1. The third-order valence-electron chi connectivity index (χ3n) is 4.21. The molecule has 1 aromatic carbocycles. The molecule has 0 bridgehead atoms. The highest BCUT2D eigenvalue weighted by Gasteiger charge is 2.13. The predicted molar refractivity (Wildman–Crippen MR) is 126 cm³/mol. The van der Waals surface area contributed by atoms with E-state index in [1.165, 1.54) is 21.7 Å². The van der Waals surface area contributed by atoms with Crippen LogP contribution in [0.1, 0.15) is 44.2 Å². The molecule has 8 heteroatoms. The Hall–Kier alpha value is -0.870. The van der Waals surface area contributed by atoms with Crippen LogP contribution in [0.2, 0.25) is 0 Å². The van der Waals surface area contributed by atoms with Crippen LogP contribution in [0.25, 0.3) is 0 Å². The Kier molecular flexibility index (Phi) is 12.9. The van der Waals surface area contributed by atoms with Crippen LogP contribution in [0, 0.1) is 6.92 Å². The van der Waals surface area contributed by atoms with E-state index in [-0.39, 0.29) is 24.0 Å². The van der Waals surface area contributed by atoms with Crippen LogP contribution in [-0.2, 0) is 10.0 Å². The number of hydrogen-bond acceptors (Lipinski definition) is 3. The van der Waals surface area contributed by atoms with Crippen molar-refractivity contribution in [1.82, 2.24) is 14.9 Å². The van der Waals surface area contributed by atoms with Crippen LogP contribution < -0.4 is 10.6 Å². The second-order valence-corrected chi connectivity index (χ2v) is 8.55. The van der Waals surface area contributed by atoms with Crippen molar-refractivity contribution in [3.63, 3.8) is 0 Å². The van der Waals surface area contributed by atoms with Gasteiger partial charge in [-0.05, 0) is 25.8 Å². The molecule has 0 aromatic heterocycles. The van der Waals surface area contributed by atoms with Gasteiger partial charge in [0.2, 0.25) is 10.0 Å². The third-order valence-corrected chi connectivity index (χ3v) is 5.59. The maximum absolute atomic E-state index is 11.6. The molecule has 1 unspecified atom stereocenters. The maximum atomic E-state index is 11.6. The van der Waals surface area contributed by atoms with Crippen LogP contribution in [0.3, 0.4) is 0 Å². The molecule has 0 fully saturated rings. The molecule has 6 nitrogen and oxygen atoms in total. The number of nitrogens with one attached hydrogen (secondary N) is 2. The van der Waals surface area contributed by atoms with E-state index in [0.717, 1.165) is 18.9 Å². The highest BCUT2D eigenvalue weighted by Crippen LogP contribution is 2.15. The molecule has 0 aliphatic carbocycles. The molecule has 0 radical (unpaired) electrons. The lowest BCUT2D eigenvalue weighted by Crippen LogP contribution is -2.39. The first-order valence-electron chi connectivity index (χ1n) is 9.31. The summed E-state index contributed by atoms with van der Waals surface area (Å²) in [6.45, 7) is 11.3. The normalized spacial score (nSPS) is 13.2. The molecule has 0 spiro atoms. The fourth-order valence-corrected chi connectivity index (χ4v) is 3.52. The molecule has 0 saturated carbocycles. The van der Waals surface area contributed by atoms with Gasteiger partial charge in [-0.3, -0.25) is 4.99 Å². The molecule has 2 N–H and O–H groups in total. The van der Waals surface area contributed by atoms with Gasteiger partial charge in [-0.25, -0.2) is 12.7 Å². The van der Waals surface area contributed by atoms with Gasteiger partial charge in [-0.1, -0.05) is 43.7 Å². The van der Waals surface area contributed by atoms with Gasteiger partial charge in [-0.2, -0.15) is 0 Å². The number of rotatable bonds is 10. The Morgan fingerprint density at radius 3 is 2.33 bits per heavy atom. The van der Waals surface area contributed by atoms with Gasteiger partial charge in [0, 0.05) is 38.6 Å². The summed E-state index contributed by atoms with van der Waals surface area (Å²) in [4.78, 5) is 4.66. The molecular weight excluding hydrogens is 475 g/mol. The minimum Gasteiger partial charge on any atom is -0.357 e. The number of halogens is 1. The molecule has 0 aliphatic rings. The van der Waals surface area contributed by atoms with E-state index in [4.69, 9.17) is 0 Å². The summed E-state index contributed by atoms with van der Waals surface area (Å²) in [5, 5.41) is 6.52. The zero-order valence-electron chi connectivity index (χ0n) is 17.2. The highest BCUT2D eigenvalue weighted by atomic mass is 127. The minimum atomic E-state index is -3.12. The molecule has 0 heterocycles. The fraction of sp³-hybridized carbons (Fsp3) is 0.632. The minimum absolute atomic E-state index is 0. The first-order chi connectivity index (χ1) is 12.3. The van der Waals surface area contributed by atoms with Crippen molar-refractivity contribution in [3.8, 4) is 0 Å². The zero-order valence-corrected chi connectivity index (χ0v) is 20.3. The van der Waals surface area contributed by atoms with Crippen molar-refractivity contribution in [2.24, 2.45) is 4.99 Å². The molecule has 156 valence electrons. The zero-order chi connectivity index (χ0) is 19.6. The van der Waals surface area contributed by atoms with Gasteiger partial charge in [0.05, 0.1) is 6.26 Å². The molecule has 1 rings (SSSR count). The summed E-state index contributed by atoms with van der Waals surface area (Å²) in [5.74, 6) is 1.11. The van der Waals surface area contributed by atoms with Crippen LogP contribution in [0.15, 0.2) is 29.3 Å². The first kappa shape index (κ1) is 26.1. The fourth-order valence-electron chi connectivity index (χ4n) is 2.59. The number of nitrogens with zero attached hydrogens (tertiary/aromatic N) is 2. The van der Waals surface area contributed by atoms with E-state index >= 15 is 0 Å². The van der Waals surface area contributed by atoms with Crippen molar-refractivity contribution in [1.29, 1.82) is 0 Å². The van der Waals surface area contributed by atoms with E-state index < -0.39 is 10.0 Å². The van der Waals surface area contributed by atoms with Gasteiger partial charge in [0.25, 0.3) is 0 Å². The van der Waals surface area contributed by atoms with Crippen molar-refractivity contribution in [2.45, 2.75) is 40.0 Å². The molecule has 0 aliphatic heterocycles. The quantitative estimate of drug-likeness (QED) is 0.220. The van der Waals surface area contributed by atoms with Crippen LogP contribution in [0.4, 0.5) is 0 Å². The number of aryl methyl sites for hydroxylation is 1. The molecule has 1 aromatic rings. The number of aliphatic imine (C=N–C) groups is 1. The Bertz CT molecular complexity index is 663. The standard InChI is InChI=1S/C19H34N4O2S.HI/c1-6-20-19(21-13-8-14-23(7-2)26(5,24)25)22-15-17(4)18-11-9-16(3)10-12-18;/h9-12,17H,6-8,13-15H2,1-5H3,(H2,20,21,22);1H. The molecule has 27 heavy (non-hydrogen) atoms. The predicted octanol–water partition coefficient (Wildman–Crippen LogP) is 2.94. The van der Waals surface area contributed by atoms with Crippen molar-refractivity contribution in [3.05, 3.63) is 35.4 Å². The van der Waals surface area contributed by atoms with Gasteiger partial charge < -0.3 is 10.6 Å². The summed E-state index contributed by atoms with van der Waals surface area (Å²) >= 11 is 0. The van der Waals surface area contributed by atoms with Crippen molar-refractivity contribution < 1.29 is 8.42 Å². The monoisotopic (exact) mass is 510 g/mol. The maximum Gasteiger partial charge on any atom is 0.211 e. The summed E-state index contributed by atoms with van der Waals surface area (Å²) in [6.07, 6.45) is 1.99. The molecule has 0 saturated heterocycles. The van der Waals surface area contributed by atoms with E-state index in [9.17, 15) is 8.42 Å². The van der Waals surface area contributed by atoms with E-state index in [0.29, 0.717) is 32.1 Å². The Labute approximate surface area is 182 Å². The number of benzene rings is 1. The van der Waals surface area contributed by atoms with E-state index in [2.05, 4.69) is 53.7 Å². The van der Waals surface area contributed by atoms with E-state index in [1.54, 1.807) is 0 Å². The Morgan fingerprint density at radius 1 is 1.19 bits per heavy atom. The number of hydrogen-bond donors (Lipinski definition) is 2. The lowest BCUT2D eigenvalue weighted by Gasteiger charge is -2.18. The Balaban J connectivity index is 0.00000676. The van der Waals surface area contributed by atoms with E-state index in [1.807, 2.05) is 13.8 Å². The Morgan fingerprint density at radius 2 is 1.81 bits per heavy atom. The largest absolute Gasteiger partial charge is 0.357 e. The topological polar surface area (TPSA) is 73.8 Å². The molecule has 0 amide bonds. The highest BCUT2D eigenvalue weighted by molar-refractivity contribution is 14.0. The summed E-state index contributed by atoms with van der Waals surface area (Å²) in [5.41, 5.74) is 2.54. The SMILES string of the molecule is CCNC(=NCC(C)c1ccc(C)cc1)NCCCN(CC)S(C)(=O)=O.I. The summed E-state index contributed by atoms with van der Waals surface area (Å²) < 4.78 is 24.7. The number of guanidine groups is 1. The van der Waals surface area contributed by atoms with Gasteiger partial charge >= 0.3 is 0 Å². The van der Waals surface area contributed by atoms with Crippen molar-refractivity contribution >= 4 is 40.0 Å². The van der Waals surface area contributed by atoms with Crippen molar-refractivity contribution in [2.75, 3.05) is 39.0 Å². The average molecular weight is 510 g/mol. The average Bonchev–Trinajstić information content (AvgIpc) is 2.58. The van der Waals surface area contributed by atoms with Gasteiger partial charge in [-0.15, -0.1) is 24.0 Å². The first-order valence-corrected chi connectivity index (χ1v) is 11.2. The summed E-state index contributed by atoms with van der Waals surface area (Å²) in [7, 11) is -3.12. The smallest absolute Gasteiger partial charge is 0.211 e. The van der Waals surface area contributed by atoms with Crippen LogP contribution >= 0.6 is 24.0 Å². The second kappa shape index (κ2) is 13.3.